The van der Waals surface area contributed by atoms with Crippen molar-refractivity contribution in [2.45, 2.75) is 13.3 Å². The Hall–Kier alpha value is -2.17. The standard InChI is InChI=1S/C15H10F4O/c1-8-4-14(19)11(7-12(8)17)15(20)5-9-2-3-10(16)6-13(9)18/h2-4,6-7H,5H2,1H3. The minimum atomic E-state index is -0.897. The normalized spacial score (nSPS) is 10.7. The van der Waals surface area contributed by atoms with E-state index in [1.165, 1.54) is 6.92 Å². The number of hydrogen-bond acceptors (Lipinski definition) is 1. The molecule has 0 radical (unpaired) electrons. The molecular formula is C15H10F4O. The molecule has 0 fully saturated rings. The number of aryl methyl sites for hydroxylation is 1. The van der Waals surface area contributed by atoms with E-state index in [0.29, 0.717) is 6.07 Å². The summed E-state index contributed by atoms with van der Waals surface area (Å²) in [5.74, 6) is -4.02. The summed E-state index contributed by atoms with van der Waals surface area (Å²) in [5, 5.41) is 0. The maximum absolute atomic E-state index is 13.6. The van der Waals surface area contributed by atoms with Crippen molar-refractivity contribution in [3.05, 3.63) is 70.3 Å². The van der Waals surface area contributed by atoms with Gasteiger partial charge in [0, 0.05) is 12.5 Å². The highest BCUT2D eigenvalue weighted by atomic mass is 19.1. The van der Waals surface area contributed by atoms with Crippen LogP contribution >= 0.6 is 0 Å². The van der Waals surface area contributed by atoms with Crippen molar-refractivity contribution in [2.75, 3.05) is 0 Å². The maximum Gasteiger partial charge on any atom is 0.170 e. The lowest BCUT2D eigenvalue weighted by Crippen LogP contribution is -2.09. The second-order valence-corrected chi connectivity index (χ2v) is 4.42. The van der Waals surface area contributed by atoms with Gasteiger partial charge >= 0.3 is 0 Å². The summed E-state index contributed by atoms with van der Waals surface area (Å²) in [7, 11) is 0. The molecule has 0 saturated heterocycles. The van der Waals surface area contributed by atoms with E-state index in [1.807, 2.05) is 0 Å². The van der Waals surface area contributed by atoms with Crippen molar-refractivity contribution in [3.63, 3.8) is 0 Å². The molecule has 2 aromatic rings. The molecule has 1 nitrogen and oxygen atoms in total. The van der Waals surface area contributed by atoms with Gasteiger partial charge in [-0.25, -0.2) is 17.6 Å². The molecule has 2 aromatic carbocycles. The third kappa shape index (κ3) is 2.87. The van der Waals surface area contributed by atoms with E-state index < -0.39 is 41.0 Å². The Kier molecular flexibility index (Phi) is 3.88. The molecule has 20 heavy (non-hydrogen) atoms. The van der Waals surface area contributed by atoms with Crippen LogP contribution in [-0.4, -0.2) is 5.78 Å². The average molecular weight is 282 g/mol. The minimum Gasteiger partial charge on any atom is -0.294 e. The first kappa shape index (κ1) is 14.2. The Morgan fingerprint density at radius 3 is 2.30 bits per heavy atom. The van der Waals surface area contributed by atoms with Gasteiger partial charge in [-0.1, -0.05) is 6.07 Å². The van der Waals surface area contributed by atoms with E-state index in [2.05, 4.69) is 0 Å². The topological polar surface area (TPSA) is 17.1 Å². The fourth-order valence-electron chi connectivity index (χ4n) is 1.79. The molecule has 0 aromatic heterocycles. The van der Waals surface area contributed by atoms with Crippen LogP contribution in [0.15, 0.2) is 30.3 Å². The number of hydrogen-bond donors (Lipinski definition) is 0. The number of halogens is 4. The van der Waals surface area contributed by atoms with E-state index in [4.69, 9.17) is 0 Å². The first-order valence-electron chi connectivity index (χ1n) is 5.81. The van der Waals surface area contributed by atoms with Gasteiger partial charge in [0.1, 0.15) is 23.3 Å². The lowest BCUT2D eigenvalue weighted by atomic mass is 10.0. The number of ketones is 1. The lowest BCUT2D eigenvalue weighted by molar-refractivity contribution is 0.0987. The Balaban J connectivity index is 2.31. The predicted molar refractivity (Wildman–Crippen MR) is 65.5 cm³/mol. The zero-order valence-electron chi connectivity index (χ0n) is 10.5. The van der Waals surface area contributed by atoms with Gasteiger partial charge in [-0.3, -0.25) is 4.79 Å². The molecule has 0 unspecified atom stereocenters. The van der Waals surface area contributed by atoms with Gasteiger partial charge in [-0.15, -0.1) is 0 Å². The largest absolute Gasteiger partial charge is 0.294 e. The molecular weight excluding hydrogens is 272 g/mol. The monoisotopic (exact) mass is 282 g/mol. The van der Waals surface area contributed by atoms with E-state index in [1.54, 1.807) is 0 Å². The van der Waals surface area contributed by atoms with Crippen molar-refractivity contribution < 1.29 is 22.4 Å². The van der Waals surface area contributed by atoms with Crippen molar-refractivity contribution >= 4 is 5.78 Å². The highest BCUT2D eigenvalue weighted by Gasteiger charge is 2.17. The lowest BCUT2D eigenvalue weighted by Gasteiger charge is -2.06. The van der Waals surface area contributed by atoms with Gasteiger partial charge in [0.25, 0.3) is 0 Å². The van der Waals surface area contributed by atoms with Crippen molar-refractivity contribution in [1.29, 1.82) is 0 Å². The number of rotatable bonds is 3. The van der Waals surface area contributed by atoms with Crippen molar-refractivity contribution in [3.8, 4) is 0 Å². The predicted octanol–water partition coefficient (Wildman–Crippen LogP) is 3.98. The smallest absolute Gasteiger partial charge is 0.170 e. The number of carbonyl (C=O) groups excluding carboxylic acids is 1. The van der Waals surface area contributed by atoms with Gasteiger partial charge in [-0.2, -0.15) is 0 Å². The maximum atomic E-state index is 13.6. The highest BCUT2D eigenvalue weighted by Crippen LogP contribution is 2.18. The van der Waals surface area contributed by atoms with Crippen LogP contribution in [0.5, 0.6) is 0 Å². The molecule has 0 N–H and O–H groups in total. The van der Waals surface area contributed by atoms with Crippen LogP contribution in [0, 0.1) is 30.2 Å². The second kappa shape index (κ2) is 5.45. The third-order valence-corrected chi connectivity index (χ3v) is 2.91. The summed E-state index contributed by atoms with van der Waals surface area (Å²) >= 11 is 0. The molecule has 0 atom stereocenters. The molecule has 0 bridgehead atoms. The van der Waals surface area contributed by atoms with Crippen LogP contribution in [0.25, 0.3) is 0 Å². The van der Waals surface area contributed by atoms with E-state index in [9.17, 15) is 22.4 Å². The third-order valence-electron chi connectivity index (χ3n) is 2.91. The van der Waals surface area contributed by atoms with E-state index in [-0.39, 0.29) is 11.1 Å². The molecule has 0 heterocycles. The second-order valence-electron chi connectivity index (χ2n) is 4.42. The Morgan fingerprint density at radius 1 is 0.950 bits per heavy atom. The first-order chi connectivity index (χ1) is 9.38. The van der Waals surface area contributed by atoms with Crippen molar-refractivity contribution in [2.24, 2.45) is 0 Å². The van der Waals surface area contributed by atoms with E-state index >= 15 is 0 Å². The Bertz CT molecular complexity index is 680. The molecule has 0 aliphatic heterocycles. The van der Waals surface area contributed by atoms with Gasteiger partial charge in [0.15, 0.2) is 5.78 Å². The van der Waals surface area contributed by atoms with Crippen LogP contribution in [0.3, 0.4) is 0 Å². The Labute approximate surface area is 112 Å². The molecule has 104 valence electrons. The number of Topliss-reactive ketones (excluding diaryl/α,β-unsaturated/α-hetero) is 1. The SMILES string of the molecule is Cc1cc(F)c(C(=O)Cc2ccc(F)cc2F)cc1F. The number of benzene rings is 2. The zero-order chi connectivity index (χ0) is 14.9. The van der Waals surface area contributed by atoms with E-state index in [0.717, 1.165) is 24.3 Å². The van der Waals surface area contributed by atoms with Crippen LogP contribution in [0.1, 0.15) is 21.5 Å². The van der Waals surface area contributed by atoms with Crippen LogP contribution in [0.4, 0.5) is 17.6 Å². The molecule has 0 amide bonds. The fraction of sp³-hybridized carbons (Fsp3) is 0.133. The first-order valence-corrected chi connectivity index (χ1v) is 5.81. The summed E-state index contributed by atoms with van der Waals surface area (Å²) in [6.07, 6.45) is -0.467. The summed E-state index contributed by atoms with van der Waals surface area (Å²) in [6, 6.07) is 4.43. The van der Waals surface area contributed by atoms with Crippen molar-refractivity contribution in [1.82, 2.24) is 0 Å². The molecule has 0 aliphatic rings. The van der Waals surface area contributed by atoms with Gasteiger partial charge in [0.2, 0.25) is 0 Å². The highest BCUT2D eigenvalue weighted by molar-refractivity contribution is 5.97. The number of carbonyl (C=O) groups is 1. The molecule has 5 heteroatoms. The quantitative estimate of drug-likeness (QED) is 0.615. The van der Waals surface area contributed by atoms with Gasteiger partial charge in [-0.05, 0) is 36.2 Å². The van der Waals surface area contributed by atoms with Crippen LogP contribution in [-0.2, 0) is 6.42 Å². The Morgan fingerprint density at radius 2 is 1.65 bits per heavy atom. The average Bonchev–Trinajstić information content (AvgIpc) is 2.37. The van der Waals surface area contributed by atoms with Gasteiger partial charge < -0.3 is 0 Å². The van der Waals surface area contributed by atoms with Crippen LogP contribution < -0.4 is 0 Å². The summed E-state index contributed by atoms with van der Waals surface area (Å²) < 4.78 is 53.1. The molecule has 0 saturated carbocycles. The summed E-state index contributed by atoms with van der Waals surface area (Å²) in [6.45, 7) is 1.37. The molecule has 0 spiro atoms. The summed E-state index contributed by atoms with van der Waals surface area (Å²) in [5.41, 5.74) is -0.444. The summed E-state index contributed by atoms with van der Waals surface area (Å²) in [4.78, 5) is 11.9. The van der Waals surface area contributed by atoms with Gasteiger partial charge in [0.05, 0.1) is 5.56 Å². The molecule has 0 aliphatic carbocycles. The molecule has 2 rings (SSSR count). The fourth-order valence-corrected chi connectivity index (χ4v) is 1.79. The van der Waals surface area contributed by atoms with Crippen LogP contribution in [0.2, 0.25) is 0 Å². The zero-order valence-corrected chi connectivity index (χ0v) is 10.5. The minimum absolute atomic E-state index is 0.0724.